The highest BCUT2D eigenvalue weighted by molar-refractivity contribution is 5.94. The maximum Gasteiger partial charge on any atom is 0.220 e. The predicted molar refractivity (Wildman–Crippen MR) is 150 cm³/mol. The van der Waals surface area contributed by atoms with Crippen LogP contribution in [0.3, 0.4) is 0 Å². The van der Waals surface area contributed by atoms with E-state index in [-0.39, 0.29) is 0 Å². The summed E-state index contributed by atoms with van der Waals surface area (Å²) in [6, 6.07) is 23.5. The Morgan fingerprint density at radius 3 is 2.03 bits per heavy atom. The molecule has 4 aliphatic carbocycles. The van der Waals surface area contributed by atoms with E-state index in [9.17, 15) is 0 Å². The molecule has 3 aromatic carbocycles. The summed E-state index contributed by atoms with van der Waals surface area (Å²) in [7, 11) is 2.20. The third-order valence-corrected chi connectivity index (χ3v) is 10.0. The van der Waals surface area contributed by atoms with Crippen molar-refractivity contribution in [3.63, 3.8) is 0 Å². The molecule has 0 radical (unpaired) electrons. The van der Waals surface area contributed by atoms with Gasteiger partial charge in [0.15, 0.2) is 6.20 Å². The number of nitrogens with zero attached hydrogens (tertiary/aromatic N) is 1. The number of aromatic nitrogens is 1. The van der Waals surface area contributed by atoms with Crippen LogP contribution in [0.25, 0.3) is 33.2 Å². The molecule has 1 heterocycles. The summed E-state index contributed by atoms with van der Waals surface area (Å²) in [6.07, 6.45) is 11.1. The number of hydrogen-bond donors (Lipinski definition) is 0. The Hall–Kier alpha value is -2.93. The lowest BCUT2D eigenvalue weighted by Crippen LogP contribution is -2.48. The number of fused-ring (bicyclic) bond motifs is 1. The van der Waals surface area contributed by atoms with Crippen molar-refractivity contribution in [2.75, 3.05) is 0 Å². The SMILES string of the molecule is Cc1cc(-c2c(C)cccc2C)ccc1-c1c2ccc(C34CC5CC(CC(C5)C3)C4)cc2cc[n+]1C. The van der Waals surface area contributed by atoms with Gasteiger partial charge in [0.25, 0.3) is 0 Å². The maximum atomic E-state index is 2.56. The van der Waals surface area contributed by atoms with Crippen molar-refractivity contribution in [1.82, 2.24) is 0 Å². The number of benzene rings is 3. The molecule has 0 saturated heterocycles. The topological polar surface area (TPSA) is 3.88 Å². The second kappa shape index (κ2) is 8.04. The van der Waals surface area contributed by atoms with Gasteiger partial charge in [-0.1, -0.05) is 42.5 Å². The van der Waals surface area contributed by atoms with Gasteiger partial charge in [0.2, 0.25) is 5.69 Å². The Kier molecular flexibility index (Phi) is 4.97. The molecular formula is C35H38N+. The number of pyridine rings is 1. The summed E-state index contributed by atoms with van der Waals surface area (Å²) >= 11 is 0. The molecule has 0 amide bonds. The van der Waals surface area contributed by atoms with Gasteiger partial charge in [-0.25, -0.2) is 4.57 Å². The molecule has 1 nitrogen and oxygen atoms in total. The van der Waals surface area contributed by atoms with E-state index in [0.717, 1.165) is 17.8 Å². The minimum absolute atomic E-state index is 0.449. The molecule has 0 aliphatic heterocycles. The molecule has 0 unspecified atom stereocenters. The predicted octanol–water partition coefficient (Wildman–Crippen LogP) is 8.39. The molecule has 0 spiro atoms. The summed E-state index contributed by atoms with van der Waals surface area (Å²) < 4.78 is 2.31. The molecule has 4 bridgehead atoms. The zero-order chi connectivity index (χ0) is 24.6. The molecule has 1 aromatic heterocycles. The van der Waals surface area contributed by atoms with Crippen LogP contribution in [0.15, 0.2) is 66.9 Å². The third-order valence-electron chi connectivity index (χ3n) is 10.0. The largest absolute Gasteiger partial charge is 0.220 e. The molecule has 4 aliphatic rings. The normalized spacial score (nSPS) is 26.6. The highest BCUT2D eigenvalue weighted by atomic mass is 14.9. The van der Waals surface area contributed by atoms with Crippen molar-refractivity contribution in [2.24, 2.45) is 24.8 Å². The lowest BCUT2D eigenvalue weighted by atomic mass is 9.48. The van der Waals surface area contributed by atoms with Crippen LogP contribution in [0.4, 0.5) is 0 Å². The van der Waals surface area contributed by atoms with Crippen LogP contribution in [-0.4, -0.2) is 0 Å². The van der Waals surface area contributed by atoms with Crippen molar-refractivity contribution < 1.29 is 4.57 Å². The van der Waals surface area contributed by atoms with E-state index in [4.69, 9.17) is 0 Å². The quantitative estimate of drug-likeness (QED) is 0.264. The van der Waals surface area contributed by atoms with Crippen molar-refractivity contribution in [3.8, 4) is 22.4 Å². The second-order valence-electron chi connectivity index (χ2n) is 12.6. The number of rotatable bonds is 3. The average molecular weight is 473 g/mol. The zero-order valence-electron chi connectivity index (χ0n) is 22.3. The van der Waals surface area contributed by atoms with Gasteiger partial charge in [0.05, 0.1) is 5.39 Å². The van der Waals surface area contributed by atoms with Gasteiger partial charge in [0, 0.05) is 11.6 Å². The fourth-order valence-electron chi connectivity index (χ4n) is 8.86. The fraction of sp³-hybridized carbons (Fsp3) is 0.400. The number of hydrogen-bond acceptors (Lipinski definition) is 0. The van der Waals surface area contributed by atoms with Crippen molar-refractivity contribution >= 4 is 10.8 Å². The van der Waals surface area contributed by atoms with Crippen molar-refractivity contribution in [3.05, 3.63) is 89.1 Å². The van der Waals surface area contributed by atoms with Crippen LogP contribution >= 0.6 is 0 Å². The van der Waals surface area contributed by atoms with Gasteiger partial charge >= 0.3 is 0 Å². The van der Waals surface area contributed by atoms with E-state index in [1.165, 1.54) is 88.4 Å². The Bertz CT molecular complexity index is 1450. The molecular weight excluding hydrogens is 434 g/mol. The molecule has 0 atom stereocenters. The van der Waals surface area contributed by atoms with Crippen LogP contribution < -0.4 is 4.57 Å². The maximum absolute atomic E-state index is 2.56. The van der Waals surface area contributed by atoms with Crippen LogP contribution in [0.1, 0.15) is 60.8 Å². The van der Waals surface area contributed by atoms with E-state index < -0.39 is 0 Å². The van der Waals surface area contributed by atoms with E-state index in [2.05, 4.69) is 99.2 Å². The van der Waals surface area contributed by atoms with Gasteiger partial charge < -0.3 is 0 Å². The van der Waals surface area contributed by atoms with Gasteiger partial charge in [0.1, 0.15) is 7.05 Å². The Labute approximate surface area is 216 Å². The van der Waals surface area contributed by atoms with E-state index >= 15 is 0 Å². The van der Waals surface area contributed by atoms with Crippen LogP contribution in [0, 0.1) is 38.5 Å². The monoisotopic (exact) mass is 472 g/mol. The van der Waals surface area contributed by atoms with Gasteiger partial charge in [-0.2, -0.15) is 0 Å². The highest BCUT2D eigenvalue weighted by Crippen LogP contribution is 2.60. The lowest BCUT2D eigenvalue weighted by molar-refractivity contribution is -0.659. The molecule has 4 saturated carbocycles. The summed E-state index contributed by atoms with van der Waals surface area (Å²) in [5, 5.41) is 2.77. The first-order chi connectivity index (χ1) is 17.4. The molecule has 4 aromatic rings. The second-order valence-corrected chi connectivity index (χ2v) is 12.6. The van der Waals surface area contributed by atoms with Gasteiger partial charge in [-0.3, -0.25) is 0 Å². The standard InChI is InChI=1S/C35H38N/c1-22-6-5-7-23(2)33(22)29-8-10-31(24(3)14-29)34-32-11-9-30(18-28(32)12-13-36(34)4)35-19-25-15-26(20-35)17-27(16-25)21-35/h5-14,18,25-27H,15-17,19-21H2,1-4H3/q+1. The lowest BCUT2D eigenvalue weighted by Gasteiger charge is -2.57. The molecule has 182 valence electrons. The average Bonchev–Trinajstić information content (AvgIpc) is 2.83. The first kappa shape index (κ1) is 22.3. The zero-order valence-corrected chi connectivity index (χ0v) is 22.3. The van der Waals surface area contributed by atoms with E-state index in [0.29, 0.717) is 5.41 Å². The Morgan fingerprint density at radius 1 is 0.722 bits per heavy atom. The summed E-state index contributed by atoms with van der Waals surface area (Å²) in [6.45, 7) is 6.71. The highest BCUT2D eigenvalue weighted by Gasteiger charge is 2.51. The summed E-state index contributed by atoms with van der Waals surface area (Å²) in [5.74, 6) is 2.94. The van der Waals surface area contributed by atoms with Crippen LogP contribution in [0.2, 0.25) is 0 Å². The Balaban J connectivity index is 1.32. The van der Waals surface area contributed by atoms with Crippen molar-refractivity contribution in [2.45, 2.75) is 64.7 Å². The van der Waals surface area contributed by atoms with E-state index in [1.54, 1.807) is 5.56 Å². The smallest absolute Gasteiger partial charge is 0.200 e. The van der Waals surface area contributed by atoms with Gasteiger partial charge in [-0.15, -0.1) is 0 Å². The van der Waals surface area contributed by atoms with Crippen LogP contribution in [0.5, 0.6) is 0 Å². The molecule has 4 fully saturated rings. The molecule has 36 heavy (non-hydrogen) atoms. The summed E-state index contributed by atoms with van der Waals surface area (Å²) in [4.78, 5) is 0. The third kappa shape index (κ3) is 3.39. The number of aryl methyl sites for hydroxylation is 4. The van der Waals surface area contributed by atoms with E-state index in [1.807, 2.05) is 0 Å². The van der Waals surface area contributed by atoms with Gasteiger partial charge in [-0.05, 0) is 133 Å². The minimum Gasteiger partial charge on any atom is -0.200 e. The van der Waals surface area contributed by atoms with Crippen molar-refractivity contribution in [1.29, 1.82) is 0 Å². The first-order valence-corrected chi connectivity index (χ1v) is 14.0. The van der Waals surface area contributed by atoms with Crippen LogP contribution in [-0.2, 0) is 12.5 Å². The Morgan fingerprint density at radius 2 is 1.39 bits per heavy atom. The molecule has 1 heteroatoms. The summed E-state index contributed by atoms with van der Waals surface area (Å²) in [5.41, 5.74) is 11.4. The molecule has 0 N–H and O–H groups in total. The molecule has 8 rings (SSSR count). The fourth-order valence-corrected chi connectivity index (χ4v) is 8.86. The minimum atomic E-state index is 0.449. The first-order valence-electron chi connectivity index (χ1n) is 14.0.